The Labute approximate surface area is 164 Å². The highest BCUT2D eigenvalue weighted by atomic mass is 16.2. The average Bonchev–Trinajstić information content (AvgIpc) is 3.21. The molecular weight excluding hydrogens is 354 g/mol. The first-order valence-electron chi connectivity index (χ1n) is 9.29. The van der Waals surface area contributed by atoms with Crippen LogP contribution in [0, 0.1) is 13.8 Å². The summed E-state index contributed by atoms with van der Waals surface area (Å²) in [5.41, 5.74) is 3.57. The van der Waals surface area contributed by atoms with Gasteiger partial charge in [-0.05, 0) is 50.6 Å². The lowest BCUT2D eigenvalue weighted by Crippen LogP contribution is -2.24. The van der Waals surface area contributed by atoms with Crippen molar-refractivity contribution in [1.82, 2.24) is 19.7 Å². The Balaban J connectivity index is 1.87. The van der Waals surface area contributed by atoms with E-state index in [1.54, 1.807) is 35.1 Å². The largest absolute Gasteiger partial charge is 0.352 e. The van der Waals surface area contributed by atoms with Crippen LogP contribution >= 0.6 is 0 Å². The number of hydrogen-bond donors (Lipinski definition) is 2. The molecule has 0 spiro atoms. The lowest BCUT2D eigenvalue weighted by atomic mass is 10.1. The third-order valence-corrected chi connectivity index (χ3v) is 4.55. The van der Waals surface area contributed by atoms with E-state index in [0.29, 0.717) is 29.2 Å². The highest BCUT2D eigenvalue weighted by Gasteiger charge is 2.20. The van der Waals surface area contributed by atoms with Crippen LogP contribution in [0.15, 0.2) is 42.6 Å². The summed E-state index contributed by atoms with van der Waals surface area (Å²) in [4.78, 5) is 25.1. The first-order chi connectivity index (χ1) is 13.4. The Morgan fingerprint density at radius 1 is 1.07 bits per heavy atom. The summed E-state index contributed by atoms with van der Waals surface area (Å²) in [7, 11) is 1.81. The quantitative estimate of drug-likeness (QED) is 0.690. The second-order valence-corrected chi connectivity index (χ2v) is 6.75. The van der Waals surface area contributed by atoms with E-state index in [4.69, 9.17) is 0 Å². The van der Waals surface area contributed by atoms with Gasteiger partial charge in [-0.1, -0.05) is 13.0 Å². The summed E-state index contributed by atoms with van der Waals surface area (Å²) in [6.45, 7) is 6.58. The van der Waals surface area contributed by atoms with Crippen molar-refractivity contribution in [2.75, 3.05) is 11.9 Å². The molecule has 1 aromatic carbocycles. The van der Waals surface area contributed by atoms with Gasteiger partial charge >= 0.3 is 0 Å². The van der Waals surface area contributed by atoms with Crippen molar-refractivity contribution in [2.24, 2.45) is 7.05 Å². The molecule has 0 fully saturated rings. The van der Waals surface area contributed by atoms with Crippen LogP contribution in [0.1, 0.15) is 45.4 Å². The number of aromatic nitrogens is 3. The molecular formula is C21H25N5O2. The molecule has 2 amide bonds. The highest BCUT2D eigenvalue weighted by Crippen LogP contribution is 2.21. The average molecular weight is 379 g/mol. The first kappa shape index (κ1) is 19.4. The maximum atomic E-state index is 12.9. The number of nitrogens with one attached hydrogen (secondary N) is 2. The number of benzene rings is 1. The molecule has 2 heterocycles. The minimum Gasteiger partial charge on any atom is -0.352 e. The second kappa shape index (κ2) is 8.12. The fourth-order valence-electron chi connectivity index (χ4n) is 3.14. The summed E-state index contributed by atoms with van der Waals surface area (Å²) in [5.74, 6) is 0.273. The zero-order chi connectivity index (χ0) is 20.3. The normalized spacial score (nSPS) is 10.7. The van der Waals surface area contributed by atoms with Gasteiger partial charge < -0.3 is 15.2 Å². The van der Waals surface area contributed by atoms with Crippen molar-refractivity contribution in [3.05, 3.63) is 65.1 Å². The lowest BCUT2D eigenvalue weighted by Gasteiger charge is -2.13. The van der Waals surface area contributed by atoms with Gasteiger partial charge in [-0.2, -0.15) is 5.10 Å². The van der Waals surface area contributed by atoms with Crippen LogP contribution in [0.5, 0.6) is 0 Å². The van der Waals surface area contributed by atoms with Gasteiger partial charge in [0, 0.05) is 36.2 Å². The van der Waals surface area contributed by atoms with E-state index in [1.807, 2.05) is 44.5 Å². The number of carbonyl (C=O) groups excluding carboxylic acids is 2. The second-order valence-electron chi connectivity index (χ2n) is 6.75. The molecule has 0 radical (unpaired) electrons. The van der Waals surface area contributed by atoms with Crippen molar-refractivity contribution < 1.29 is 9.59 Å². The van der Waals surface area contributed by atoms with E-state index in [9.17, 15) is 9.59 Å². The third-order valence-electron chi connectivity index (χ3n) is 4.55. The number of rotatable bonds is 6. The fraction of sp³-hybridized carbons (Fsp3) is 0.286. The monoisotopic (exact) mass is 379 g/mol. The molecule has 2 aromatic heterocycles. The van der Waals surface area contributed by atoms with Crippen LogP contribution in [-0.2, 0) is 7.05 Å². The SMILES string of the molecule is CCCNC(=O)c1cccc(NC(=O)c2cnn(C)c2-n2c(C)ccc2C)c1. The van der Waals surface area contributed by atoms with Crippen LogP contribution in [-0.4, -0.2) is 32.7 Å². The molecule has 2 N–H and O–H groups in total. The van der Waals surface area contributed by atoms with Gasteiger partial charge in [0.1, 0.15) is 11.4 Å². The minimum atomic E-state index is -0.276. The Morgan fingerprint density at radius 3 is 2.46 bits per heavy atom. The zero-order valence-electron chi connectivity index (χ0n) is 16.6. The smallest absolute Gasteiger partial charge is 0.261 e. The molecule has 0 aliphatic carbocycles. The number of carbonyl (C=O) groups is 2. The molecule has 7 heteroatoms. The van der Waals surface area contributed by atoms with Crippen LogP contribution < -0.4 is 10.6 Å². The Hall–Kier alpha value is -3.35. The molecule has 3 aromatic rings. The molecule has 7 nitrogen and oxygen atoms in total. The zero-order valence-corrected chi connectivity index (χ0v) is 16.6. The van der Waals surface area contributed by atoms with E-state index in [0.717, 1.165) is 17.8 Å². The lowest BCUT2D eigenvalue weighted by molar-refractivity contribution is 0.0952. The van der Waals surface area contributed by atoms with E-state index < -0.39 is 0 Å². The van der Waals surface area contributed by atoms with Crippen LogP contribution in [0.3, 0.4) is 0 Å². The Bertz CT molecular complexity index is 996. The first-order valence-corrected chi connectivity index (χ1v) is 9.29. The van der Waals surface area contributed by atoms with Gasteiger partial charge in [0.05, 0.1) is 6.20 Å². The molecule has 0 aliphatic heterocycles. The minimum absolute atomic E-state index is 0.154. The summed E-state index contributed by atoms with van der Waals surface area (Å²) >= 11 is 0. The van der Waals surface area contributed by atoms with E-state index >= 15 is 0 Å². The number of amides is 2. The molecule has 0 saturated carbocycles. The molecule has 0 atom stereocenters. The number of hydrogen-bond acceptors (Lipinski definition) is 3. The standard InChI is InChI=1S/C21H25N5O2/c1-5-11-22-19(27)16-7-6-8-17(12-16)24-20(28)18-13-23-25(4)21(18)26-14(2)9-10-15(26)3/h6-10,12-13H,5,11H2,1-4H3,(H,22,27)(H,24,28). The highest BCUT2D eigenvalue weighted by molar-refractivity contribution is 6.07. The predicted octanol–water partition coefficient (Wildman–Crippen LogP) is 3.22. The topological polar surface area (TPSA) is 81.0 Å². The van der Waals surface area contributed by atoms with Gasteiger partial charge in [0.15, 0.2) is 0 Å². The Morgan fingerprint density at radius 2 is 1.79 bits per heavy atom. The number of anilines is 1. The van der Waals surface area contributed by atoms with Crippen molar-refractivity contribution in [1.29, 1.82) is 0 Å². The third kappa shape index (κ3) is 3.83. The van der Waals surface area contributed by atoms with Crippen molar-refractivity contribution >= 4 is 17.5 Å². The number of aryl methyl sites for hydroxylation is 3. The molecule has 0 bridgehead atoms. The van der Waals surface area contributed by atoms with Crippen molar-refractivity contribution in [3.8, 4) is 5.82 Å². The van der Waals surface area contributed by atoms with Gasteiger partial charge in [0.2, 0.25) is 0 Å². The van der Waals surface area contributed by atoms with Gasteiger partial charge in [-0.15, -0.1) is 0 Å². The maximum absolute atomic E-state index is 12.9. The number of nitrogens with zero attached hydrogens (tertiary/aromatic N) is 3. The fourth-order valence-corrected chi connectivity index (χ4v) is 3.14. The van der Waals surface area contributed by atoms with Gasteiger partial charge in [-0.25, -0.2) is 0 Å². The molecule has 0 aliphatic rings. The maximum Gasteiger partial charge on any atom is 0.261 e. The van der Waals surface area contributed by atoms with Gasteiger partial charge in [0.25, 0.3) is 11.8 Å². The summed E-state index contributed by atoms with van der Waals surface area (Å²) in [6, 6.07) is 10.9. The summed E-state index contributed by atoms with van der Waals surface area (Å²) in [6.07, 6.45) is 2.42. The summed E-state index contributed by atoms with van der Waals surface area (Å²) in [5, 5.41) is 9.98. The van der Waals surface area contributed by atoms with Crippen molar-refractivity contribution in [3.63, 3.8) is 0 Å². The Kier molecular flexibility index (Phi) is 5.63. The van der Waals surface area contributed by atoms with E-state index in [2.05, 4.69) is 15.7 Å². The molecule has 0 unspecified atom stereocenters. The van der Waals surface area contributed by atoms with E-state index in [1.165, 1.54) is 0 Å². The summed E-state index contributed by atoms with van der Waals surface area (Å²) < 4.78 is 3.68. The van der Waals surface area contributed by atoms with Crippen LogP contribution in [0.2, 0.25) is 0 Å². The van der Waals surface area contributed by atoms with Gasteiger partial charge in [-0.3, -0.25) is 14.3 Å². The van der Waals surface area contributed by atoms with Crippen LogP contribution in [0.25, 0.3) is 5.82 Å². The van der Waals surface area contributed by atoms with Crippen LogP contribution in [0.4, 0.5) is 5.69 Å². The molecule has 3 rings (SSSR count). The van der Waals surface area contributed by atoms with E-state index in [-0.39, 0.29) is 11.8 Å². The predicted molar refractivity (Wildman–Crippen MR) is 109 cm³/mol. The van der Waals surface area contributed by atoms with Crippen molar-refractivity contribution in [2.45, 2.75) is 27.2 Å². The molecule has 0 saturated heterocycles. The molecule has 28 heavy (non-hydrogen) atoms. The molecule has 146 valence electrons.